The molecule has 0 aliphatic heterocycles. The number of nitro benzene ring substituents is 1. The zero-order valence-electron chi connectivity index (χ0n) is 10.9. The fourth-order valence-corrected chi connectivity index (χ4v) is 1.62. The van der Waals surface area contributed by atoms with Gasteiger partial charge in [-0.3, -0.25) is 10.1 Å². The van der Waals surface area contributed by atoms with Gasteiger partial charge in [0.15, 0.2) is 0 Å². The molecule has 1 aromatic rings. The van der Waals surface area contributed by atoms with Gasteiger partial charge in [0.25, 0.3) is 5.69 Å². The van der Waals surface area contributed by atoms with Gasteiger partial charge in [0.2, 0.25) is 0 Å². The van der Waals surface area contributed by atoms with Gasteiger partial charge >= 0.3 is 0 Å². The van der Waals surface area contributed by atoms with Crippen LogP contribution in [0.25, 0.3) is 0 Å². The number of nitro groups is 1. The van der Waals surface area contributed by atoms with Crippen molar-refractivity contribution in [2.45, 2.75) is 26.7 Å². The zero-order valence-corrected chi connectivity index (χ0v) is 10.9. The Balaban J connectivity index is 2.35. The van der Waals surface area contributed by atoms with Gasteiger partial charge in [0, 0.05) is 37.1 Å². The number of hydrogen-bond donors (Lipinski definition) is 1. The van der Waals surface area contributed by atoms with Gasteiger partial charge in [-0.2, -0.15) is 0 Å². The van der Waals surface area contributed by atoms with E-state index in [0.717, 1.165) is 38.3 Å². The number of benzene rings is 1. The van der Waals surface area contributed by atoms with E-state index in [-0.39, 0.29) is 10.6 Å². The van der Waals surface area contributed by atoms with E-state index in [2.05, 4.69) is 12.2 Å². The van der Waals surface area contributed by atoms with E-state index >= 15 is 0 Å². The van der Waals surface area contributed by atoms with Crippen LogP contribution in [0.15, 0.2) is 18.2 Å². The lowest BCUT2D eigenvalue weighted by Crippen LogP contribution is -2.06. The van der Waals surface area contributed by atoms with E-state index in [1.165, 1.54) is 6.07 Å². The molecule has 0 aromatic heterocycles. The number of ether oxygens (including phenoxy) is 1. The maximum absolute atomic E-state index is 10.7. The average molecular weight is 252 g/mol. The van der Waals surface area contributed by atoms with Crippen molar-refractivity contribution >= 4 is 11.4 Å². The Kier molecular flexibility index (Phi) is 6.14. The van der Waals surface area contributed by atoms with E-state index in [1.54, 1.807) is 19.1 Å². The molecule has 1 N–H and O–H groups in total. The smallest absolute Gasteiger partial charge is 0.272 e. The average Bonchev–Trinajstić information content (AvgIpc) is 2.33. The highest BCUT2D eigenvalue weighted by Gasteiger charge is 2.09. The van der Waals surface area contributed by atoms with Crippen LogP contribution in [0.1, 0.15) is 25.3 Å². The van der Waals surface area contributed by atoms with Gasteiger partial charge in [-0.25, -0.2) is 0 Å². The number of aryl methyl sites for hydroxylation is 1. The molecule has 5 nitrogen and oxygen atoms in total. The van der Waals surface area contributed by atoms with E-state index < -0.39 is 0 Å². The molecule has 0 spiro atoms. The quantitative estimate of drug-likeness (QED) is 0.438. The molecule has 1 aromatic carbocycles. The lowest BCUT2D eigenvalue weighted by atomic mass is 10.2. The molecule has 0 saturated carbocycles. The fourth-order valence-electron chi connectivity index (χ4n) is 1.62. The predicted molar refractivity (Wildman–Crippen MR) is 72.1 cm³/mol. The summed E-state index contributed by atoms with van der Waals surface area (Å²) in [6, 6.07) is 5.06. The standard InChI is InChI=1S/C13H20N2O3/c1-3-8-18-9-4-7-14-12-5-6-13(15(16)17)11(2)10-12/h5-6,10,14H,3-4,7-9H2,1-2H3. The van der Waals surface area contributed by atoms with Gasteiger partial charge < -0.3 is 10.1 Å². The van der Waals surface area contributed by atoms with Crippen molar-refractivity contribution in [3.05, 3.63) is 33.9 Å². The Hall–Kier alpha value is -1.62. The highest BCUT2D eigenvalue weighted by Crippen LogP contribution is 2.21. The van der Waals surface area contributed by atoms with Crippen LogP contribution in [0.5, 0.6) is 0 Å². The summed E-state index contributed by atoms with van der Waals surface area (Å²) in [5, 5.41) is 13.9. The second-order valence-corrected chi connectivity index (χ2v) is 4.15. The first-order valence-corrected chi connectivity index (χ1v) is 6.21. The predicted octanol–water partition coefficient (Wildman–Crippen LogP) is 3.13. The SMILES string of the molecule is CCCOCCCNc1ccc([N+](=O)[O-])c(C)c1. The van der Waals surface area contributed by atoms with Gasteiger partial charge in [-0.1, -0.05) is 6.92 Å². The molecule has 0 saturated heterocycles. The Bertz CT molecular complexity index is 394. The maximum atomic E-state index is 10.7. The van der Waals surface area contributed by atoms with Crippen LogP contribution < -0.4 is 5.32 Å². The van der Waals surface area contributed by atoms with Crippen molar-refractivity contribution in [2.24, 2.45) is 0 Å². The first-order valence-electron chi connectivity index (χ1n) is 6.21. The van der Waals surface area contributed by atoms with Crippen molar-refractivity contribution in [3.8, 4) is 0 Å². The van der Waals surface area contributed by atoms with Gasteiger partial charge in [0.05, 0.1) is 4.92 Å². The Morgan fingerprint density at radius 2 is 2.17 bits per heavy atom. The third kappa shape index (κ3) is 4.71. The number of rotatable bonds is 8. The van der Waals surface area contributed by atoms with Crippen molar-refractivity contribution < 1.29 is 9.66 Å². The zero-order chi connectivity index (χ0) is 13.4. The highest BCUT2D eigenvalue weighted by atomic mass is 16.6. The molecule has 0 amide bonds. The van der Waals surface area contributed by atoms with Crippen LogP contribution in [-0.2, 0) is 4.74 Å². The van der Waals surface area contributed by atoms with Gasteiger partial charge in [0.1, 0.15) is 0 Å². The first-order chi connectivity index (χ1) is 8.65. The number of nitrogens with one attached hydrogen (secondary N) is 1. The summed E-state index contributed by atoms with van der Waals surface area (Å²) >= 11 is 0. The molecule has 5 heteroatoms. The summed E-state index contributed by atoms with van der Waals surface area (Å²) < 4.78 is 5.37. The molecule has 0 radical (unpaired) electrons. The van der Waals surface area contributed by atoms with E-state index in [0.29, 0.717) is 5.56 Å². The lowest BCUT2D eigenvalue weighted by molar-refractivity contribution is -0.385. The molecule has 0 atom stereocenters. The molecule has 0 aliphatic rings. The third-order valence-corrected chi connectivity index (χ3v) is 2.54. The minimum absolute atomic E-state index is 0.159. The molecule has 0 bridgehead atoms. The van der Waals surface area contributed by atoms with Gasteiger partial charge in [-0.15, -0.1) is 0 Å². The normalized spacial score (nSPS) is 10.3. The molecule has 0 unspecified atom stereocenters. The molecule has 0 aliphatic carbocycles. The van der Waals surface area contributed by atoms with Crippen molar-refractivity contribution in [1.29, 1.82) is 0 Å². The number of hydrogen-bond acceptors (Lipinski definition) is 4. The molecule has 100 valence electrons. The topological polar surface area (TPSA) is 64.4 Å². The minimum Gasteiger partial charge on any atom is -0.385 e. The summed E-state index contributed by atoms with van der Waals surface area (Å²) in [5.74, 6) is 0. The van der Waals surface area contributed by atoms with Crippen LogP contribution in [0.4, 0.5) is 11.4 Å². The van der Waals surface area contributed by atoms with Crippen LogP contribution in [0.3, 0.4) is 0 Å². The lowest BCUT2D eigenvalue weighted by Gasteiger charge is -2.07. The first kappa shape index (κ1) is 14.4. The molecular formula is C13H20N2O3. The highest BCUT2D eigenvalue weighted by molar-refractivity contribution is 5.53. The Morgan fingerprint density at radius 1 is 1.39 bits per heavy atom. The molecule has 18 heavy (non-hydrogen) atoms. The van der Waals surface area contributed by atoms with Crippen molar-refractivity contribution in [1.82, 2.24) is 0 Å². The van der Waals surface area contributed by atoms with Crippen molar-refractivity contribution in [3.63, 3.8) is 0 Å². The third-order valence-electron chi connectivity index (χ3n) is 2.54. The van der Waals surface area contributed by atoms with Crippen LogP contribution in [0, 0.1) is 17.0 Å². The summed E-state index contributed by atoms with van der Waals surface area (Å²) in [4.78, 5) is 10.3. The molecule has 1 rings (SSSR count). The number of anilines is 1. The molecule has 0 fully saturated rings. The minimum atomic E-state index is -0.363. The largest absolute Gasteiger partial charge is 0.385 e. The second kappa shape index (κ2) is 7.66. The Morgan fingerprint density at radius 3 is 2.78 bits per heavy atom. The number of nitrogens with zero attached hydrogens (tertiary/aromatic N) is 1. The summed E-state index contributed by atoms with van der Waals surface area (Å²) in [6.45, 7) is 6.18. The van der Waals surface area contributed by atoms with Crippen molar-refractivity contribution in [2.75, 3.05) is 25.1 Å². The van der Waals surface area contributed by atoms with E-state index in [1.807, 2.05) is 0 Å². The Labute approximate surface area is 107 Å². The van der Waals surface area contributed by atoms with E-state index in [4.69, 9.17) is 4.74 Å². The van der Waals surface area contributed by atoms with Gasteiger partial charge in [-0.05, 0) is 31.9 Å². The maximum Gasteiger partial charge on any atom is 0.272 e. The van der Waals surface area contributed by atoms with Crippen LogP contribution >= 0.6 is 0 Å². The van der Waals surface area contributed by atoms with Crippen LogP contribution in [-0.4, -0.2) is 24.7 Å². The molecule has 0 heterocycles. The van der Waals surface area contributed by atoms with Crippen LogP contribution in [0.2, 0.25) is 0 Å². The molecular weight excluding hydrogens is 232 g/mol. The monoisotopic (exact) mass is 252 g/mol. The fraction of sp³-hybridized carbons (Fsp3) is 0.538. The summed E-state index contributed by atoms with van der Waals surface area (Å²) in [6.07, 6.45) is 1.96. The second-order valence-electron chi connectivity index (χ2n) is 4.15. The van der Waals surface area contributed by atoms with E-state index in [9.17, 15) is 10.1 Å². The summed E-state index contributed by atoms with van der Waals surface area (Å²) in [7, 11) is 0. The summed E-state index contributed by atoms with van der Waals surface area (Å²) in [5.41, 5.74) is 1.74.